The van der Waals surface area contributed by atoms with Crippen molar-refractivity contribution in [2.75, 3.05) is 0 Å². The molecule has 2 N–H and O–H groups in total. The first-order valence-electron chi connectivity index (χ1n) is 4.35. The molecular formula is C10H9FN2OS. The second-order valence-electron chi connectivity index (χ2n) is 2.86. The van der Waals surface area contributed by atoms with E-state index in [0.717, 1.165) is 10.5 Å². The fourth-order valence-corrected chi connectivity index (χ4v) is 1.98. The van der Waals surface area contributed by atoms with Crippen molar-refractivity contribution >= 4 is 11.8 Å². The lowest BCUT2D eigenvalue weighted by atomic mass is 10.2. The average Bonchev–Trinajstić information content (AvgIpc) is 2.73. The van der Waals surface area contributed by atoms with Gasteiger partial charge in [-0.25, -0.2) is 9.37 Å². The number of nitrogens with zero attached hydrogens (tertiary/aromatic N) is 1. The number of benzene rings is 1. The van der Waals surface area contributed by atoms with Gasteiger partial charge in [0.15, 0.2) is 0 Å². The number of hydrogen-bond donors (Lipinski definition) is 1. The molecule has 3 nitrogen and oxygen atoms in total. The van der Waals surface area contributed by atoms with E-state index in [-0.39, 0.29) is 5.82 Å². The van der Waals surface area contributed by atoms with E-state index in [2.05, 4.69) is 4.98 Å². The highest BCUT2D eigenvalue weighted by Crippen LogP contribution is 2.29. The Kier molecular flexibility index (Phi) is 3.03. The normalized spacial score (nSPS) is 10.5. The molecule has 0 saturated heterocycles. The Morgan fingerprint density at radius 3 is 3.00 bits per heavy atom. The van der Waals surface area contributed by atoms with Gasteiger partial charge in [0.25, 0.3) is 5.22 Å². The first-order valence-corrected chi connectivity index (χ1v) is 5.17. The molecule has 1 aromatic heterocycles. The highest BCUT2D eigenvalue weighted by atomic mass is 32.2. The van der Waals surface area contributed by atoms with Gasteiger partial charge in [0, 0.05) is 11.4 Å². The largest absolute Gasteiger partial charge is 0.440 e. The number of aromatic nitrogens is 1. The van der Waals surface area contributed by atoms with E-state index in [1.807, 2.05) is 0 Å². The number of rotatable bonds is 3. The van der Waals surface area contributed by atoms with E-state index < -0.39 is 0 Å². The third-order valence-corrected chi connectivity index (χ3v) is 2.84. The van der Waals surface area contributed by atoms with E-state index in [9.17, 15) is 4.39 Å². The predicted molar refractivity (Wildman–Crippen MR) is 54.9 cm³/mol. The van der Waals surface area contributed by atoms with Crippen molar-refractivity contribution in [3.05, 3.63) is 42.0 Å². The van der Waals surface area contributed by atoms with Crippen LogP contribution in [0.2, 0.25) is 0 Å². The lowest BCUT2D eigenvalue weighted by Gasteiger charge is -2.04. The molecular weight excluding hydrogens is 215 g/mol. The fraction of sp³-hybridized carbons (Fsp3) is 0.100. The Morgan fingerprint density at radius 2 is 2.33 bits per heavy atom. The van der Waals surface area contributed by atoms with Gasteiger partial charge >= 0.3 is 0 Å². The van der Waals surface area contributed by atoms with E-state index in [4.69, 9.17) is 10.2 Å². The molecule has 0 unspecified atom stereocenters. The first-order chi connectivity index (χ1) is 7.29. The topological polar surface area (TPSA) is 52.0 Å². The Morgan fingerprint density at radius 1 is 1.47 bits per heavy atom. The van der Waals surface area contributed by atoms with Crippen molar-refractivity contribution in [2.24, 2.45) is 5.73 Å². The number of nitrogens with two attached hydrogens (primary N) is 1. The summed E-state index contributed by atoms with van der Waals surface area (Å²) < 4.78 is 18.0. The molecule has 2 aromatic rings. The van der Waals surface area contributed by atoms with Gasteiger partial charge in [-0.1, -0.05) is 0 Å². The lowest BCUT2D eigenvalue weighted by Crippen LogP contribution is -1.98. The van der Waals surface area contributed by atoms with Crippen molar-refractivity contribution in [3.63, 3.8) is 0 Å². The van der Waals surface area contributed by atoms with E-state index in [0.29, 0.717) is 11.8 Å². The quantitative estimate of drug-likeness (QED) is 0.869. The van der Waals surface area contributed by atoms with Crippen molar-refractivity contribution in [1.29, 1.82) is 0 Å². The minimum absolute atomic E-state index is 0.285. The highest BCUT2D eigenvalue weighted by molar-refractivity contribution is 7.99. The van der Waals surface area contributed by atoms with Crippen LogP contribution in [-0.4, -0.2) is 4.98 Å². The fourth-order valence-electron chi connectivity index (χ4n) is 1.16. The molecule has 0 atom stereocenters. The zero-order valence-electron chi connectivity index (χ0n) is 7.81. The maximum absolute atomic E-state index is 12.9. The standard InChI is InChI=1S/C10H9FN2OS/c11-8-1-2-9(7(5-8)6-12)15-10-13-3-4-14-10/h1-5H,6,12H2. The summed E-state index contributed by atoms with van der Waals surface area (Å²) in [6, 6.07) is 4.49. The summed E-state index contributed by atoms with van der Waals surface area (Å²) in [6.07, 6.45) is 3.06. The molecule has 0 radical (unpaired) electrons. The van der Waals surface area contributed by atoms with Crippen LogP contribution in [-0.2, 0) is 6.54 Å². The summed E-state index contributed by atoms with van der Waals surface area (Å²) in [7, 11) is 0. The first kappa shape index (κ1) is 10.2. The van der Waals surface area contributed by atoms with Gasteiger partial charge in [-0.15, -0.1) is 0 Å². The Hall–Kier alpha value is -1.33. The zero-order valence-corrected chi connectivity index (χ0v) is 8.63. The number of hydrogen-bond acceptors (Lipinski definition) is 4. The van der Waals surface area contributed by atoms with Crippen LogP contribution in [0.1, 0.15) is 5.56 Å². The van der Waals surface area contributed by atoms with Crippen molar-refractivity contribution in [3.8, 4) is 0 Å². The molecule has 0 fully saturated rings. The summed E-state index contributed by atoms with van der Waals surface area (Å²) in [5.74, 6) is -0.285. The molecule has 1 heterocycles. The van der Waals surface area contributed by atoms with Crippen LogP contribution >= 0.6 is 11.8 Å². The molecule has 78 valence electrons. The molecule has 0 amide bonds. The smallest absolute Gasteiger partial charge is 0.260 e. The monoisotopic (exact) mass is 224 g/mol. The summed E-state index contributed by atoms with van der Waals surface area (Å²) in [5.41, 5.74) is 6.27. The minimum atomic E-state index is -0.285. The van der Waals surface area contributed by atoms with Crippen molar-refractivity contribution in [2.45, 2.75) is 16.7 Å². The molecule has 0 aliphatic carbocycles. The number of oxazole rings is 1. The Balaban J connectivity index is 2.28. The van der Waals surface area contributed by atoms with Crippen LogP contribution in [0.15, 0.2) is 45.2 Å². The number of halogens is 1. The molecule has 2 rings (SSSR count). The van der Waals surface area contributed by atoms with Crippen LogP contribution in [0.3, 0.4) is 0 Å². The van der Waals surface area contributed by atoms with Gasteiger partial charge in [-0.3, -0.25) is 0 Å². The van der Waals surface area contributed by atoms with Gasteiger partial charge in [-0.2, -0.15) is 0 Å². The molecule has 15 heavy (non-hydrogen) atoms. The third-order valence-electron chi connectivity index (χ3n) is 1.85. The second-order valence-corrected chi connectivity index (χ2v) is 3.85. The third kappa shape index (κ3) is 2.37. The van der Waals surface area contributed by atoms with Crippen LogP contribution < -0.4 is 5.73 Å². The highest BCUT2D eigenvalue weighted by Gasteiger charge is 2.07. The van der Waals surface area contributed by atoms with Crippen LogP contribution in [0.5, 0.6) is 0 Å². The molecule has 0 spiro atoms. The Bertz CT molecular complexity index is 445. The molecule has 0 saturated carbocycles. The van der Waals surface area contributed by atoms with Crippen LogP contribution in [0, 0.1) is 5.82 Å². The summed E-state index contributed by atoms with van der Waals surface area (Å²) in [6.45, 7) is 0.292. The van der Waals surface area contributed by atoms with Gasteiger partial charge in [0.05, 0.1) is 6.20 Å². The van der Waals surface area contributed by atoms with E-state index in [1.165, 1.54) is 30.2 Å². The molecule has 0 aliphatic rings. The van der Waals surface area contributed by atoms with Crippen molar-refractivity contribution < 1.29 is 8.81 Å². The molecule has 1 aromatic carbocycles. The van der Waals surface area contributed by atoms with Gasteiger partial charge in [-0.05, 0) is 35.5 Å². The van der Waals surface area contributed by atoms with Gasteiger partial charge < -0.3 is 10.2 Å². The maximum Gasteiger partial charge on any atom is 0.260 e. The lowest BCUT2D eigenvalue weighted by molar-refractivity contribution is 0.454. The predicted octanol–water partition coefficient (Wildman–Crippen LogP) is 2.42. The van der Waals surface area contributed by atoms with E-state index in [1.54, 1.807) is 12.3 Å². The second kappa shape index (κ2) is 4.46. The van der Waals surface area contributed by atoms with Crippen LogP contribution in [0.25, 0.3) is 0 Å². The summed E-state index contributed by atoms with van der Waals surface area (Å²) in [5, 5.41) is 0.524. The molecule has 5 heteroatoms. The molecule has 0 bridgehead atoms. The van der Waals surface area contributed by atoms with Gasteiger partial charge in [0.1, 0.15) is 12.1 Å². The summed E-state index contributed by atoms with van der Waals surface area (Å²) >= 11 is 1.33. The van der Waals surface area contributed by atoms with Crippen molar-refractivity contribution in [1.82, 2.24) is 4.98 Å². The summed E-state index contributed by atoms with van der Waals surface area (Å²) in [4.78, 5) is 4.83. The van der Waals surface area contributed by atoms with Gasteiger partial charge in [0.2, 0.25) is 0 Å². The van der Waals surface area contributed by atoms with E-state index >= 15 is 0 Å². The average molecular weight is 224 g/mol. The SMILES string of the molecule is NCc1cc(F)ccc1Sc1ncco1. The van der Waals surface area contributed by atoms with Crippen LogP contribution in [0.4, 0.5) is 4.39 Å². The maximum atomic E-state index is 12.9. The molecule has 0 aliphatic heterocycles. The minimum Gasteiger partial charge on any atom is -0.440 e. The zero-order chi connectivity index (χ0) is 10.7. The Labute approximate surface area is 90.5 Å².